The maximum absolute atomic E-state index is 12.6. The van der Waals surface area contributed by atoms with E-state index in [1.807, 2.05) is 103 Å². The molecule has 7 nitrogen and oxygen atoms in total. The van der Waals surface area contributed by atoms with Crippen LogP contribution in [0.2, 0.25) is 0 Å². The number of aliphatic hydroxyl groups excluding tert-OH is 1. The molecule has 0 bridgehead atoms. The third-order valence-corrected chi connectivity index (χ3v) is 8.45. The molecule has 3 atom stereocenters. The second kappa shape index (κ2) is 13.5. The molecule has 1 fully saturated rings. The number of nitrogens with one attached hydrogen (secondary N) is 1. The van der Waals surface area contributed by atoms with Crippen LogP contribution in [-0.2, 0) is 29.2 Å². The van der Waals surface area contributed by atoms with Crippen LogP contribution in [0.25, 0.3) is 22.2 Å². The molecule has 0 radical (unpaired) electrons. The van der Waals surface area contributed by atoms with Crippen LogP contribution < -0.4 is 5.32 Å². The van der Waals surface area contributed by atoms with Gasteiger partial charge in [0.2, 0.25) is 0 Å². The fourth-order valence-electron chi connectivity index (χ4n) is 6.01. The number of carbonyl (C=O) groups is 1. The van der Waals surface area contributed by atoms with Gasteiger partial charge < -0.3 is 24.5 Å². The molecule has 0 saturated carbocycles. The zero-order valence-electron chi connectivity index (χ0n) is 25.3. The number of imidazole rings is 1. The molecule has 46 heavy (non-hydrogen) atoms. The number of aromatic nitrogens is 2. The lowest BCUT2D eigenvalue weighted by Crippen LogP contribution is -2.32. The van der Waals surface area contributed by atoms with Gasteiger partial charge in [-0.1, -0.05) is 91.0 Å². The van der Waals surface area contributed by atoms with E-state index < -0.39 is 6.29 Å². The first kappa shape index (κ1) is 29.6. The molecule has 1 aromatic heterocycles. The maximum Gasteiger partial charge on any atom is 0.251 e. The van der Waals surface area contributed by atoms with Crippen molar-refractivity contribution in [3.8, 4) is 11.1 Å². The van der Waals surface area contributed by atoms with Crippen LogP contribution in [0.1, 0.15) is 51.4 Å². The molecule has 2 heterocycles. The lowest BCUT2D eigenvalue weighted by molar-refractivity contribution is -0.252. The largest absolute Gasteiger partial charge is 0.392 e. The van der Waals surface area contributed by atoms with Gasteiger partial charge in [0.25, 0.3) is 5.91 Å². The summed E-state index contributed by atoms with van der Waals surface area (Å²) in [6, 6.07) is 41.8. The Hall–Kier alpha value is -5.08. The number of amides is 1. The highest BCUT2D eigenvalue weighted by Gasteiger charge is 2.33. The van der Waals surface area contributed by atoms with Crippen molar-refractivity contribution in [3.63, 3.8) is 0 Å². The van der Waals surface area contributed by atoms with Gasteiger partial charge >= 0.3 is 0 Å². The SMILES string of the molecule is O=C(NCc1cccc(-c2cccc([C@@H]3O[C@H](Cn4cnc5ccccc54)C[C@H](c4ccc(CO)cc4)O3)c2)c1)c1ccccc1. The summed E-state index contributed by atoms with van der Waals surface area (Å²) in [7, 11) is 0. The van der Waals surface area contributed by atoms with E-state index in [-0.39, 0.29) is 24.7 Å². The van der Waals surface area contributed by atoms with E-state index in [2.05, 4.69) is 45.2 Å². The zero-order chi connectivity index (χ0) is 31.3. The van der Waals surface area contributed by atoms with Crippen molar-refractivity contribution in [3.05, 3.63) is 162 Å². The van der Waals surface area contributed by atoms with Gasteiger partial charge in [0.1, 0.15) is 0 Å². The van der Waals surface area contributed by atoms with Gasteiger partial charge in [-0.15, -0.1) is 0 Å². The topological polar surface area (TPSA) is 85.6 Å². The molecule has 230 valence electrons. The number of carbonyl (C=O) groups excluding carboxylic acids is 1. The number of ether oxygens (including phenoxy) is 2. The van der Waals surface area contributed by atoms with E-state index in [0.717, 1.165) is 44.4 Å². The van der Waals surface area contributed by atoms with E-state index in [9.17, 15) is 9.90 Å². The van der Waals surface area contributed by atoms with E-state index in [1.165, 1.54) is 0 Å². The quantitative estimate of drug-likeness (QED) is 0.179. The van der Waals surface area contributed by atoms with Crippen molar-refractivity contribution in [1.29, 1.82) is 0 Å². The molecule has 0 aliphatic carbocycles. The summed E-state index contributed by atoms with van der Waals surface area (Å²) < 4.78 is 15.4. The molecule has 0 unspecified atom stereocenters. The second-order valence-electron chi connectivity index (χ2n) is 11.6. The first-order valence-corrected chi connectivity index (χ1v) is 15.6. The maximum atomic E-state index is 12.6. The van der Waals surface area contributed by atoms with Gasteiger partial charge in [0.15, 0.2) is 6.29 Å². The van der Waals surface area contributed by atoms with Crippen LogP contribution in [0, 0.1) is 0 Å². The predicted octanol–water partition coefficient (Wildman–Crippen LogP) is 7.37. The number of fused-ring (bicyclic) bond motifs is 1. The first-order valence-electron chi connectivity index (χ1n) is 15.6. The number of hydrogen-bond acceptors (Lipinski definition) is 5. The number of aliphatic hydroxyl groups is 1. The molecule has 7 rings (SSSR count). The number of hydrogen-bond donors (Lipinski definition) is 2. The average molecular weight is 610 g/mol. The summed E-state index contributed by atoms with van der Waals surface area (Å²) in [6.45, 7) is 1.07. The lowest BCUT2D eigenvalue weighted by atomic mass is 9.98. The fraction of sp³-hybridized carbons (Fsp3) is 0.179. The molecule has 1 aliphatic rings. The fourth-order valence-corrected chi connectivity index (χ4v) is 6.01. The average Bonchev–Trinajstić information content (AvgIpc) is 3.53. The van der Waals surface area contributed by atoms with Crippen molar-refractivity contribution in [2.24, 2.45) is 0 Å². The summed E-state index contributed by atoms with van der Waals surface area (Å²) in [5, 5.41) is 12.6. The number of nitrogens with zero attached hydrogens (tertiary/aromatic N) is 2. The highest BCUT2D eigenvalue weighted by Crippen LogP contribution is 2.39. The van der Waals surface area contributed by atoms with Gasteiger partial charge in [0.05, 0.1) is 42.7 Å². The zero-order valence-corrected chi connectivity index (χ0v) is 25.3. The van der Waals surface area contributed by atoms with Gasteiger partial charge in [-0.3, -0.25) is 4.79 Å². The molecular weight excluding hydrogens is 574 g/mol. The number of rotatable bonds is 9. The van der Waals surface area contributed by atoms with E-state index in [1.54, 1.807) is 0 Å². The van der Waals surface area contributed by atoms with E-state index in [0.29, 0.717) is 25.1 Å². The summed E-state index contributed by atoms with van der Waals surface area (Å²) in [5.41, 5.74) is 8.59. The highest BCUT2D eigenvalue weighted by atomic mass is 16.7. The smallest absolute Gasteiger partial charge is 0.251 e. The Balaban J connectivity index is 1.13. The van der Waals surface area contributed by atoms with Crippen molar-refractivity contribution < 1.29 is 19.4 Å². The Kier molecular flexibility index (Phi) is 8.69. The normalized spacial score (nSPS) is 18.0. The standard InChI is InChI=1S/C39H35N3O4/c43-25-27-16-18-29(19-17-27)37-22-34(24-42-26-41-35-14-4-5-15-36(35)42)45-39(46-37)33-13-7-12-32(21-33)31-11-6-8-28(20-31)23-40-38(44)30-9-2-1-3-10-30/h1-21,26,34,37,39,43H,22-25H2,(H,40,44)/t34-,37+,39+/m0/s1. The van der Waals surface area contributed by atoms with Crippen molar-refractivity contribution in [2.75, 3.05) is 0 Å². The second-order valence-corrected chi connectivity index (χ2v) is 11.6. The van der Waals surface area contributed by atoms with Gasteiger partial charge in [0, 0.05) is 24.1 Å². The molecule has 1 aliphatic heterocycles. The highest BCUT2D eigenvalue weighted by molar-refractivity contribution is 5.94. The van der Waals surface area contributed by atoms with E-state index in [4.69, 9.17) is 9.47 Å². The van der Waals surface area contributed by atoms with Crippen LogP contribution in [0.4, 0.5) is 0 Å². The number of para-hydroxylation sites is 2. The molecule has 7 heteroatoms. The predicted molar refractivity (Wildman–Crippen MR) is 178 cm³/mol. The van der Waals surface area contributed by atoms with Crippen LogP contribution >= 0.6 is 0 Å². The summed E-state index contributed by atoms with van der Waals surface area (Å²) in [5.74, 6) is -0.0987. The Morgan fingerprint density at radius 2 is 1.54 bits per heavy atom. The molecule has 1 saturated heterocycles. The van der Waals surface area contributed by atoms with Gasteiger partial charge in [-0.2, -0.15) is 0 Å². The van der Waals surface area contributed by atoms with Gasteiger partial charge in [-0.25, -0.2) is 4.98 Å². The molecule has 6 aromatic rings. The van der Waals surface area contributed by atoms with Crippen LogP contribution in [0.15, 0.2) is 134 Å². The summed E-state index contributed by atoms with van der Waals surface area (Å²) in [4.78, 5) is 17.2. The third kappa shape index (κ3) is 6.62. The minimum absolute atomic E-state index is 0.00125. The van der Waals surface area contributed by atoms with E-state index >= 15 is 0 Å². The monoisotopic (exact) mass is 609 g/mol. The lowest BCUT2D eigenvalue weighted by Gasteiger charge is -2.36. The van der Waals surface area contributed by atoms with Crippen LogP contribution in [0.3, 0.4) is 0 Å². The molecular formula is C39H35N3O4. The Bertz CT molecular complexity index is 1940. The van der Waals surface area contributed by atoms with Crippen molar-refractivity contribution in [1.82, 2.24) is 14.9 Å². The third-order valence-electron chi connectivity index (χ3n) is 8.45. The van der Waals surface area contributed by atoms with Crippen molar-refractivity contribution >= 4 is 16.9 Å². The Morgan fingerprint density at radius 3 is 2.37 bits per heavy atom. The molecule has 5 aromatic carbocycles. The Morgan fingerprint density at radius 1 is 0.783 bits per heavy atom. The Labute approximate surface area is 268 Å². The van der Waals surface area contributed by atoms with Crippen LogP contribution in [-0.4, -0.2) is 26.7 Å². The molecule has 0 spiro atoms. The first-order chi connectivity index (χ1) is 22.6. The number of benzene rings is 5. The minimum atomic E-state index is -0.579. The molecule has 2 N–H and O–H groups in total. The molecule has 1 amide bonds. The summed E-state index contributed by atoms with van der Waals surface area (Å²) in [6.07, 6.45) is 1.66. The summed E-state index contributed by atoms with van der Waals surface area (Å²) >= 11 is 0. The van der Waals surface area contributed by atoms with Gasteiger partial charge in [-0.05, 0) is 64.2 Å². The minimum Gasteiger partial charge on any atom is -0.392 e. The van der Waals surface area contributed by atoms with Crippen molar-refractivity contribution in [2.45, 2.75) is 44.6 Å². The van der Waals surface area contributed by atoms with Crippen LogP contribution in [0.5, 0.6) is 0 Å².